The summed E-state index contributed by atoms with van der Waals surface area (Å²) in [6, 6.07) is 12.2. The maximum atomic E-state index is 13.4. The lowest BCUT2D eigenvalue weighted by molar-refractivity contribution is -0.123. The summed E-state index contributed by atoms with van der Waals surface area (Å²) in [4.78, 5) is 39.7. The number of aryl methyl sites for hydroxylation is 1. The number of nitrogens with one attached hydrogen (secondary N) is 2. The Morgan fingerprint density at radius 3 is 2.59 bits per heavy atom. The Balaban J connectivity index is 1.80. The van der Waals surface area contributed by atoms with Crippen LogP contribution in [0.25, 0.3) is 5.70 Å². The third-order valence-electron chi connectivity index (χ3n) is 5.65. The smallest absolute Gasteiger partial charge is 0.262 e. The van der Waals surface area contributed by atoms with Gasteiger partial charge in [-0.3, -0.25) is 14.4 Å². The van der Waals surface area contributed by atoms with E-state index in [-0.39, 0.29) is 17.1 Å². The Morgan fingerprint density at radius 1 is 0.966 bits per heavy atom. The van der Waals surface area contributed by atoms with Crippen LogP contribution in [-0.4, -0.2) is 37.7 Å². The van der Waals surface area contributed by atoms with Gasteiger partial charge in [0.1, 0.15) is 0 Å². The van der Waals surface area contributed by atoms with E-state index in [2.05, 4.69) is 26.2 Å². The highest BCUT2D eigenvalue weighted by Gasteiger charge is 2.61. The molecule has 29 heavy (non-hydrogen) atoms. The van der Waals surface area contributed by atoms with Crippen molar-refractivity contribution < 1.29 is 14.4 Å². The molecule has 9 heteroatoms. The summed E-state index contributed by atoms with van der Waals surface area (Å²) >= 11 is 0. The number of ketones is 2. The monoisotopic (exact) mass is 384 g/mol. The average molecular weight is 384 g/mol. The zero-order valence-corrected chi connectivity index (χ0v) is 15.1. The number of anilines is 2. The number of carbonyl (C=O) groups excluding carboxylic acids is 3. The van der Waals surface area contributed by atoms with Crippen LogP contribution in [0.3, 0.4) is 0 Å². The number of benzene rings is 2. The second kappa shape index (κ2) is 5.02. The largest absolute Gasteiger partial charge is 0.323 e. The van der Waals surface area contributed by atoms with Gasteiger partial charge in [-0.05, 0) is 23.4 Å². The first-order chi connectivity index (χ1) is 14.0. The molecule has 3 aromatic rings. The van der Waals surface area contributed by atoms with Crippen LogP contribution in [0.5, 0.6) is 0 Å². The minimum absolute atomic E-state index is 0.0304. The third-order valence-corrected chi connectivity index (χ3v) is 5.65. The molecule has 1 aliphatic carbocycles. The minimum Gasteiger partial charge on any atom is -0.323 e. The van der Waals surface area contributed by atoms with Crippen molar-refractivity contribution in [1.82, 2.24) is 20.2 Å². The fourth-order valence-electron chi connectivity index (χ4n) is 4.43. The second-order valence-corrected chi connectivity index (χ2v) is 7.21. The van der Waals surface area contributed by atoms with E-state index in [1.54, 1.807) is 30.3 Å². The predicted octanol–water partition coefficient (Wildman–Crippen LogP) is 1.28. The van der Waals surface area contributed by atoms with Crippen LogP contribution in [0.4, 0.5) is 11.6 Å². The van der Waals surface area contributed by atoms with Crippen LogP contribution >= 0.6 is 0 Å². The first-order valence-electron chi connectivity index (χ1n) is 8.95. The van der Waals surface area contributed by atoms with Crippen LogP contribution < -0.4 is 10.6 Å². The zero-order chi connectivity index (χ0) is 19.9. The number of aromatic nitrogens is 4. The summed E-state index contributed by atoms with van der Waals surface area (Å²) in [5, 5.41) is 17.6. The second-order valence-electron chi connectivity index (χ2n) is 7.21. The lowest BCUT2D eigenvalue weighted by Gasteiger charge is -2.37. The maximum Gasteiger partial charge on any atom is 0.262 e. The molecule has 9 nitrogen and oxygen atoms in total. The standard InChI is InChI=1S/C20H12N6O3/c1-9-6-7-13-12(8-9)20(18(29)21-13)14-15(22-19-23-24-25-26(19)20)10-4-2-3-5-11(10)16(27)17(14)28/h2-8H,1H3,(H,21,29)(H,22,23,25). The highest BCUT2D eigenvalue weighted by atomic mass is 16.2. The van der Waals surface area contributed by atoms with Crippen LogP contribution in [0.1, 0.15) is 27.0 Å². The molecule has 1 atom stereocenters. The van der Waals surface area contributed by atoms with Gasteiger partial charge >= 0.3 is 0 Å². The van der Waals surface area contributed by atoms with E-state index >= 15 is 0 Å². The van der Waals surface area contributed by atoms with Gasteiger partial charge in [-0.25, -0.2) is 0 Å². The Morgan fingerprint density at radius 2 is 1.76 bits per heavy atom. The zero-order valence-electron chi connectivity index (χ0n) is 15.1. The molecule has 0 radical (unpaired) electrons. The van der Waals surface area contributed by atoms with Crippen LogP contribution in [-0.2, 0) is 15.1 Å². The van der Waals surface area contributed by atoms with Gasteiger partial charge < -0.3 is 10.6 Å². The summed E-state index contributed by atoms with van der Waals surface area (Å²) in [6.45, 7) is 1.89. The van der Waals surface area contributed by atoms with Crippen molar-refractivity contribution in [2.45, 2.75) is 12.5 Å². The molecule has 2 aromatic carbocycles. The molecule has 1 aromatic heterocycles. The number of fused-ring (bicyclic) bond motifs is 7. The molecular weight excluding hydrogens is 372 g/mol. The van der Waals surface area contributed by atoms with Crippen LogP contribution in [0, 0.1) is 6.92 Å². The summed E-state index contributed by atoms with van der Waals surface area (Å²) in [5.41, 5.74) is 1.53. The molecule has 3 heterocycles. The molecule has 0 saturated heterocycles. The van der Waals surface area contributed by atoms with Crippen molar-refractivity contribution in [3.05, 3.63) is 70.3 Å². The SMILES string of the molecule is Cc1ccc2c(c1)C1(C(=O)N2)C2=C(Nc3nnnn31)c1ccccc1C(=O)C2=O. The number of hydrogen-bond donors (Lipinski definition) is 2. The molecular formula is C20H12N6O3. The Kier molecular flexibility index (Phi) is 2.75. The van der Waals surface area contributed by atoms with E-state index in [4.69, 9.17) is 0 Å². The Hall–Kier alpha value is -4.14. The average Bonchev–Trinajstić information content (AvgIpc) is 3.30. The summed E-state index contributed by atoms with van der Waals surface area (Å²) in [6.07, 6.45) is 0. The highest BCUT2D eigenvalue weighted by molar-refractivity contribution is 6.54. The molecule has 0 saturated carbocycles. The van der Waals surface area contributed by atoms with Gasteiger partial charge in [0.05, 0.1) is 11.3 Å². The van der Waals surface area contributed by atoms with E-state index in [1.807, 2.05) is 19.1 Å². The first-order valence-corrected chi connectivity index (χ1v) is 8.95. The van der Waals surface area contributed by atoms with E-state index in [1.165, 1.54) is 4.68 Å². The van der Waals surface area contributed by atoms with Gasteiger partial charge in [-0.2, -0.15) is 4.68 Å². The summed E-state index contributed by atoms with van der Waals surface area (Å²) in [7, 11) is 0. The van der Waals surface area contributed by atoms with E-state index < -0.39 is 23.0 Å². The van der Waals surface area contributed by atoms with E-state index in [0.717, 1.165) is 5.56 Å². The number of rotatable bonds is 0. The van der Waals surface area contributed by atoms with Gasteiger partial charge in [-0.15, -0.1) is 0 Å². The van der Waals surface area contributed by atoms with Crippen LogP contribution in [0.2, 0.25) is 0 Å². The maximum absolute atomic E-state index is 13.4. The fraction of sp³-hybridized carbons (Fsp3) is 0.100. The van der Waals surface area contributed by atoms with Gasteiger partial charge in [0, 0.05) is 22.4 Å². The van der Waals surface area contributed by atoms with E-state index in [9.17, 15) is 14.4 Å². The number of tetrazole rings is 1. The molecule has 140 valence electrons. The summed E-state index contributed by atoms with van der Waals surface area (Å²) < 4.78 is 1.28. The predicted molar refractivity (Wildman–Crippen MR) is 101 cm³/mol. The fourth-order valence-corrected chi connectivity index (χ4v) is 4.43. The van der Waals surface area contributed by atoms with Gasteiger partial charge in [0.25, 0.3) is 5.91 Å². The van der Waals surface area contributed by atoms with Crippen molar-refractivity contribution in [3.63, 3.8) is 0 Å². The van der Waals surface area contributed by atoms with E-state index in [0.29, 0.717) is 22.5 Å². The molecule has 2 N–H and O–H groups in total. The van der Waals surface area contributed by atoms with Crippen molar-refractivity contribution in [2.24, 2.45) is 0 Å². The molecule has 6 rings (SSSR count). The van der Waals surface area contributed by atoms with Crippen LogP contribution in [0.15, 0.2) is 48.0 Å². The number of Topliss-reactive ketones (excluding diaryl/α,β-unsaturated/α-hetero) is 2. The lowest BCUT2D eigenvalue weighted by atomic mass is 9.73. The molecule has 0 fully saturated rings. The van der Waals surface area contributed by atoms with Crippen molar-refractivity contribution in [2.75, 3.05) is 10.6 Å². The topological polar surface area (TPSA) is 119 Å². The van der Waals surface area contributed by atoms with Crippen molar-refractivity contribution in [1.29, 1.82) is 0 Å². The first kappa shape index (κ1) is 15.9. The number of nitrogens with zero attached hydrogens (tertiary/aromatic N) is 4. The lowest BCUT2D eigenvalue weighted by Crippen LogP contribution is -2.52. The summed E-state index contributed by atoms with van der Waals surface area (Å²) in [5.74, 6) is -1.69. The molecule has 2 aliphatic heterocycles. The molecule has 1 spiro atoms. The molecule has 1 unspecified atom stereocenters. The molecule has 0 bridgehead atoms. The number of amides is 1. The third kappa shape index (κ3) is 1.70. The highest BCUT2D eigenvalue weighted by Crippen LogP contribution is 2.51. The van der Waals surface area contributed by atoms with Crippen molar-refractivity contribution in [3.8, 4) is 0 Å². The Bertz CT molecular complexity index is 1340. The minimum atomic E-state index is -1.67. The van der Waals surface area contributed by atoms with Gasteiger partial charge in [0.2, 0.25) is 23.1 Å². The Labute approximate surface area is 163 Å². The van der Waals surface area contributed by atoms with Crippen molar-refractivity contribution >= 4 is 34.8 Å². The molecule has 1 amide bonds. The quantitative estimate of drug-likeness (QED) is 0.560. The number of carbonyl (C=O) groups is 3. The van der Waals surface area contributed by atoms with Gasteiger partial charge in [0.15, 0.2) is 0 Å². The van der Waals surface area contributed by atoms with Gasteiger partial charge in [-0.1, -0.05) is 47.1 Å². The number of hydrogen-bond acceptors (Lipinski definition) is 7. The normalized spacial score (nSPS) is 21.3. The molecule has 3 aliphatic rings.